The Morgan fingerprint density at radius 2 is 1.81 bits per heavy atom. The van der Waals surface area contributed by atoms with Crippen molar-refractivity contribution in [2.75, 3.05) is 20.7 Å². The lowest BCUT2D eigenvalue weighted by Gasteiger charge is -2.01. The lowest BCUT2D eigenvalue weighted by Crippen LogP contribution is -2.05. The Labute approximate surface area is 98.3 Å². The molecular formula is C14H21NO. The number of nitrogens with one attached hydrogen (secondary N) is 1. The molecule has 1 aromatic rings. The highest BCUT2D eigenvalue weighted by Crippen LogP contribution is 2.12. The van der Waals surface area contributed by atoms with E-state index in [0.29, 0.717) is 0 Å². The van der Waals surface area contributed by atoms with Gasteiger partial charge in [-0.1, -0.05) is 24.3 Å². The van der Waals surface area contributed by atoms with Crippen LogP contribution in [0.3, 0.4) is 0 Å². The van der Waals surface area contributed by atoms with Crippen molar-refractivity contribution in [3.05, 3.63) is 42.0 Å². The Bertz CT molecular complexity index is 303. The lowest BCUT2D eigenvalue weighted by molar-refractivity contribution is 0.414. The highest BCUT2D eigenvalue weighted by Gasteiger charge is 1.92. The number of rotatable bonds is 7. The van der Waals surface area contributed by atoms with Gasteiger partial charge in [0.15, 0.2) is 0 Å². The molecule has 1 aromatic carbocycles. The molecule has 88 valence electrons. The van der Waals surface area contributed by atoms with Gasteiger partial charge in [0.25, 0.3) is 0 Å². The third kappa shape index (κ3) is 4.99. The van der Waals surface area contributed by atoms with Gasteiger partial charge in [-0.25, -0.2) is 0 Å². The minimum absolute atomic E-state index is 0.924. The van der Waals surface area contributed by atoms with Gasteiger partial charge in [0, 0.05) is 0 Å². The molecule has 2 nitrogen and oxygen atoms in total. The Balaban J connectivity index is 2.23. The zero-order valence-electron chi connectivity index (χ0n) is 10.2. The van der Waals surface area contributed by atoms with Crippen LogP contribution in [-0.2, 0) is 6.42 Å². The van der Waals surface area contributed by atoms with Gasteiger partial charge in [-0.3, -0.25) is 0 Å². The van der Waals surface area contributed by atoms with Gasteiger partial charge in [0.2, 0.25) is 0 Å². The standard InChI is InChI=1S/C14H21NO/c1-15-12-6-4-3-5-7-13-8-10-14(16-2)11-9-13/h3-4,8-11,15H,5-7,12H2,1-2H3. The number of hydrogen-bond donors (Lipinski definition) is 1. The molecule has 0 saturated heterocycles. The molecule has 0 aliphatic carbocycles. The minimum atomic E-state index is 0.924. The molecule has 0 fully saturated rings. The highest BCUT2D eigenvalue weighted by molar-refractivity contribution is 5.27. The molecule has 0 aromatic heterocycles. The summed E-state index contributed by atoms with van der Waals surface area (Å²) < 4.78 is 5.12. The Morgan fingerprint density at radius 1 is 1.12 bits per heavy atom. The predicted molar refractivity (Wildman–Crippen MR) is 69.0 cm³/mol. The summed E-state index contributed by atoms with van der Waals surface area (Å²) in [6, 6.07) is 8.28. The van der Waals surface area contributed by atoms with Crippen LogP contribution in [-0.4, -0.2) is 20.7 Å². The zero-order chi connectivity index (χ0) is 11.6. The van der Waals surface area contributed by atoms with E-state index in [2.05, 4.69) is 29.6 Å². The van der Waals surface area contributed by atoms with E-state index in [1.54, 1.807) is 7.11 Å². The van der Waals surface area contributed by atoms with Crippen LogP contribution < -0.4 is 10.1 Å². The molecule has 0 unspecified atom stereocenters. The third-order valence-electron chi connectivity index (χ3n) is 2.49. The van der Waals surface area contributed by atoms with Crippen LogP contribution in [0.4, 0.5) is 0 Å². The molecule has 0 radical (unpaired) electrons. The summed E-state index contributed by atoms with van der Waals surface area (Å²) in [6.07, 6.45) is 7.80. The summed E-state index contributed by atoms with van der Waals surface area (Å²) in [4.78, 5) is 0. The highest BCUT2D eigenvalue weighted by atomic mass is 16.5. The van der Waals surface area contributed by atoms with Gasteiger partial charge < -0.3 is 10.1 Å². The smallest absolute Gasteiger partial charge is 0.118 e. The molecule has 1 N–H and O–H groups in total. The third-order valence-corrected chi connectivity index (χ3v) is 2.49. The SMILES string of the molecule is CNCCC=CCCc1ccc(OC)cc1. The second-order valence-corrected chi connectivity index (χ2v) is 3.75. The van der Waals surface area contributed by atoms with Crippen molar-refractivity contribution in [3.63, 3.8) is 0 Å². The van der Waals surface area contributed by atoms with Gasteiger partial charge in [-0.2, -0.15) is 0 Å². The summed E-state index contributed by atoms with van der Waals surface area (Å²) in [6.45, 7) is 1.05. The first kappa shape index (κ1) is 12.8. The van der Waals surface area contributed by atoms with Crippen LogP contribution in [0.15, 0.2) is 36.4 Å². The maximum absolute atomic E-state index is 5.12. The van der Waals surface area contributed by atoms with Crippen molar-refractivity contribution in [1.82, 2.24) is 5.32 Å². The molecule has 1 rings (SSSR count). The number of aryl methyl sites for hydroxylation is 1. The van der Waals surface area contributed by atoms with Crippen molar-refractivity contribution in [2.45, 2.75) is 19.3 Å². The summed E-state index contributed by atoms with van der Waals surface area (Å²) in [5, 5.41) is 3.12. The Hall–Kier alpha value is -1.28. The maximum Gasteiger partial charge on any atom is 0.118 e. The van der Waals surface area contributed by atoms with Crippen LogP contribution in [0.5, 0.6) is 5.75 Å². The summed E-state index contributed by atoms with van der Waals surface area (Å²) >= 11 is 0. The number of methoxy groups -OCH3 is 1. The molecule has 0 aliphatic heterocycles. The Morgan fingerprint density at radius 3 is 2.44 bits per heavy atom. The van der Waals surface area contributed by atoms with Gasteiger partial charge >= 0.3 is 0 Å². The average Bonchev–Trinajstić information content (AvgIpc) is 2.34. The molecule has 0 amide bonds. The molecule has 0 aliphatic rings. The van der Waals surface area contributed by atoms with Crippen molar-refractivity contribution in [1.29, 1.82) is 0 Å². The van der Waals surface area contributed by atoms with Crippen LogP contribution in [0.25, 0.3) is 0 Å². The fraction of sp³-hybridized carbons (Fsp3) is 0.429. The van der Waals surface area contributed by atoms with E-state index in [1.807, 2.05) is 19.2 Å². The summed E-state index contributed by atoms with van der Waals surface area (Å²) in [5.41, 5.74) is 1.36. The van der Waals surface area contributed by atoms with E-state index in [4.69, 9.17) is 4.74 Å². The van der Waals surface area contributed by atoms with E-state index < -0.39 is 0 Å². The predicted octanol–water partition coefficient (Wildman–Crippen LogP) is 2.79. The number of benzene rings is 1. The van der Waals surface area contributed by atoms with Gasteiger partial charge in [-0.05, 0) is 50.6 Å². The molecule has 2 heteroatoms. The van der Waals surface area contributed by atoms with E-state index in [1.165, 1.54) is 5.56 Å². The van der Waals surface area contributed by atoms with E-state index in [-0.39, 0.29) is 0 Å². The number of hydrogen-bond acceptors (Lipinski definition) is 2. The summed E-state index contributed by atoms with van der Waals surface area (Å²) in [7, 11) is 3.67. The van der Waals surface area contributed by atoms with Gasteiger partial charge in [0.1, 0.15) is 5.75 Å². The monoisotopic (exact) mass is 219 g/mol. The van der Waals surface area contributed by atoms with Crippen molar-refractivity contribution in [2.24, 2.45) is 0 Å². The van der Waals surface area contributed by atoms with E-state index >= 15 is 0 Å². The molecular weight excluding hydrogens is 198 g/mol. The maximum atomic E-state index is 5.12. The van der Waals surface area contributed by atoms with E-state index in [9.17, 15) is 0 Å². The van der Waals surface area contributed by atoms with Crippen LogP contribution in [0.2, 0.25) is 0 Å². The van der Waals surface area contributed by atoms with Crippen molar-refractivity contribution in [3.8, 4) is 5.75 Å². The number of allylic oxidation sites excluding steroid dienone is 1. The molecule has 0 saturated carbocycles. The van der Waals surface area contributed by atoms with Gasteiger partial charge in [0.05, 0.1) is 7.11 Å². The first-order valence-electron chi connectivity index (χ1n) is 5.79. The van der Waals surface area contributed by atoms with Crippen molar-refractivity contribution < 1.29 is 4.74 Å². The Kier molecular flexibility index (Phi) is 6.35. The van der Waals surface area contributed by atoms with Crippen LogP contribution >= 0.6 is 0 Å². The largest absolute Gasteiger partial charge is 0.497 e. The lowest BCUT2D eigenvalue weighted by atomic mass is 10.1. The topological polar surface area (TPSA) is 21.3 Å². The molecule has 16 heavy (non-hydrogen) atoms. The first-order chi connectivity index (χ1) is 7.86. The second kappa shape index (κ2) is 7.94. The molecule has 0 bridgehead atoms. The number of ether oxygens (including phenoxy) is 1. The van der Waals surface area contributed by atoms with Crippen molar-refractivity contribution >= 4 is 0 Å². The zero-order valence-corrected chi connectivity index (χ0v) is 10.2. The quantitative estimate of drug-likeness (QED) is 0.562. The summed E-state index contributed by atoms with van der Waals surface area (Å²) in [5.74, 6) is 0.924. The van der Waals surface area contributed by atoms with Crippen LogP contribution in [0.1, 0.15) is 18.4 Å². The molecule has 0 heterocycles. The van der Waals surface area contributed by atoms with Crippen LogP contribution in [0, 0.1) is 0 Å². The fourth-order valence-electron chi connectivity index (χ4n) is 1.51. The molecule has 0 spiro atoms. The fourth-order valence-corrected chi connectivity index (χ4v) is 1.51. The normalized spacial score (nSPS) is 10.9. The average molecular weight is 219 g/mol. The minimum Gasteiger partial charge on any atom is -0.497 e. The second-order valence-electron chi connectivity index (χ2n) is 3.75. The van der Waals surface area contributed by atoms with Gasteiger partial charge in [-0.15, -0.1) is 0 Å². The first-order valence-corrected chi connectivity index (χ1v) is 5.79. The molecule has 0 atom stereocenters. The van der Waals surface area contributed by atoms with E-state index in [0.717, 1.165) is 31.6 Å².